The molecule has 0 heterocycles. The van der Waals surface area contributed by atoms with Gasteiger partial charge in [0.15, 0.2) is 0 Å². The fraction of sp³-hybridized carbons (Fsp3) is 0.143. The lowest BCUT2D eigenvalue weighted by Gasteiger charge is -2.15. The van der Waals surface area contributed by atoms with Crippen LogP contribution < -0.4 is 5.73 Å². The number of benzene rings is 2. The summed E-state index contributed by atoms with van der Waals surface area (Å²) in [7, 11) is 0. The lowest BCUT2D eigenvalue weighted by atomic mass is 10.00. The highest BCUT2D eigenvalue weighted by Crippen LogP contribution is 2.28. The van der Waals surface area contributed by atoms with Crippen molar-refractivity contribution in [2.24, 2.45) is 5.73 Å². The first kappa shape index (κ1) is 14.5. The molecule has 1 nitrogen and oxygen atoms in total. The van der Waals surface area contributed by atoms with Gasteiger partial charge >= 0.3 is 0 Å². The van der Waals surface area contributed by atoms with Gasteiger partial charge in [-0.25, -0.2) is 0 Å². The molecule has 0 spiro atoms. The van der Waals surface area contributed by atoms with Crippen molar-refractivity contribution in [3.8, 4) is 0 Å². The third-order valence-corrected chi connectivity index (χ3v) is 4.92. The van der Waals surface area contributed by atoms with E-state index >= 15 is 0 Å². The summed E-state index contributed by atoms with van der Waals surface area (Å²) in [6.45, 7) is 0. The van der Waals surface area contributed by atoms with Crippen LogP contribution in [0.15, 0.2) is 51.4 Å². The van der Waals surface area contributed by atoms with Gasteiger partial charge in [0, 0.05) is 18.6 Å². The number of nitrogens with two attached hydrogens (primary N) is 1. The predicted molar refractivity (Wildman–Crippen MR) is 91.6 cm³/mol. The van der Waals surface area contributed by atoms with Crippen LogP contribution in [0.4, 0.5) is 0 Å². The number of hydrogen-bond donors (Lipinski definition) is 1. The first-order valence-corrected chi connectivity index (χ1v) is 8.18. The van der Waals surface area contributed by atoms with E-state index in [4.69, 9.17) is 5.73 Å². The normalized spacial score (nSPS) is 12.4. The van der Waals surface area contributed by atoms with E-state index in [-0.39, 0.29) is 6.04 Å². The average Bonchev–Trinajstić information content (AvgIpc) is 2.35. The van der Waals surface area contributed by atoms with E-state index < -0.39 is 0 Å². The van der Waals surface area contributed by atoms with Crippen LogP contribution in [0.25, 0.3) is 0 Å². The molecule has 0 fully saturated rings. The standard InChI is InChI=1S/C14H12Br2IN/c15-12-4-2-1-3-9(12)7-14(18)11-8-10(17)5-6-13(11)16/h1-6,8,14H,7,18H2. The Bertz CT molecular complexity index is 557. The molecule has 4 heteroatoms. The zero-order valence-electron chi connectivity index (χ0n) is 9.54. The van der Waals surface area contributed by atoms with Crippen LogP contribution in [0.2, 0.25) is 0 Å². The molecule has 2 rings (SSSR count). The maximum Gasteiger partial charge on any atom is 0.0347 e. The Morgan fingerprint density at radius 1 is 1.06 bits per heavy atom. The summed E-state index contributed by atoms with van der Waals surface area (Å²) in [6.07, 6.45) is 0.820. The Kier molecular flexibility index (Phi) is 5.24. The van der Waals surface area contributed by atoms with E-state index in [1.54, 1.807) is 0 Å². The summed E-state index contributed by atoms with van der Waals surface area (Å²) in [6, 6.07) is 14.4. The third kappa shape index (κ3) is 3.56. The van der Waals surface area contributed by atoms with Crippen molar-refractivity contribution >= 4 is 54.5 Å². The van der Waals surface area contributed by atoms with Gasteiger partial charge in [-0.2, -0.15) is 0 Å². The van der Waals surface area contributed by atoms with Gasteiger partial charge in [-0.3, -0.25) is 0 Å². The lowest BCUT2D eigenvalue weighted by molar-refractivity contribution is 0.716. The van der Waals surface area contributed by atoms with Gasteiger partial charge in [0.1, 0.15) is 0 Å². The molecule has 18 heavy (non-hydrogen) atoms. The maximum atomic E-state index is 6.31. The van der Waals surface area contributed by atoms with Crippen molar-refractivity contribution in [2.75, 3.05) is 0 Å². The minimum atomic E-state index is -0.00668. The SMILES string of the molecule is NC(Cc1ccccc1Br)c1cc(I)ccc1Br. The highest BCUT2D eigenvalue weighted by Gasteiger charge is 2.12. The summed E-state index contributed by atoms with van der Waals surface area (Å²) in [5.41, 5.74) is 8.69. The summed E-state index contributed by atoms with van der Waals surface area (Å²) >= 11 is 9.44. The van der Waals surface area contributed by atoms with Crippen LogP contribution in [0.5, 0.6) is 0 Å². The van der Waals surface area contributed by atoms with Gasteiger partial charge in [-0.15, -0.1) is 0 Å². The molecule has 0 saturated heterocycles. The number of halogens is 3. The molecule has 0 bridgehead atoms. The van der Waals surface area contributed by atoms with Crippen molar-refractivity contribution in [1.82, 2.24) is 0 Å². The summed E-state index contributed by atoms with van der Waals surface area (Å²) in [4.78, 5) is 0. The van der Waals surface area contributed by atoms with Gasteiger partial charge in [-0.1, -0.05) is 50.1 Å². The molecular formula is C14H12Br2IN. The highest BCUT2D eigenvalue weighted by molar-refractivity contribution is 14.1. The van der Waals surface area contributed by atoms with E-state index in [1.807, 2.05) is 18.2 Å². The minimum absolute atomic E-state index is 0.00668. The van der Waals surface area contributed by atoms with Gasteiger partial charge in [0.2, 0.25) is 0 Å². The van der Waals surface area contributed by atoms with Gasteiger partial charge in [0.25, 0.3) is 0 Å². The molecule has 2 aromatic rings. The molecular weight excluding hydrogens is 469 g/mol. The fourth-order valence-electron chi connectivity index (χ4n) is 1.81. The van der Waals surface area contributed by atoms with Gasteiger partial charge in [0.05, 0.1) is 0 Å². The molecule has 0 radical (unpaired) electrons. The second-order valence-corrected chi connectivity index (χ2v) is 7.02. The van der Waals surface area contributed by atoms with Crippen LogP contribution in [-0.2, 0) is 6.42 Å². The van der Waals surface area contributed by atoms with Crippen molar-refractivity contribution in [3.05, 3.63) is 66.1 Å². The molecule has 0 amide bonds. The van der Waals surface area contributed by atoms with E-state index in [9.17, 15) is 0 Å². The van der Waals surface area contributed by atoms with Crippen molar-refractivity contribution in [2.45, 2.75) is 12.5 Å². The van der Waals surface area contributed by atoms with Gasteiger partial charge in [-0.05, 0) is 64.4 Å². The number of rotatable bonds is 3. The molecule has 0 aromatic heterocycles. The Balaban J connectivity index is 2.25. The van der Waals surface area contributed by atoms with Gasteiger partial charge < -0.3 is 5.73 Å². The van der Waals surface area contributed by atoms with Crippen molar-refractivity contribution in [1.29, 1.82) is 0 Å². The fourth-order valence-corrected chi connectivity index (χ4v) is 3.31. The largest absolute Gasteiger partial charge is 0.324 e. The molecule has 2 aromatic carbocycles. The Labute approximate surface area is 138 Å². The Morgan fingerprint density at radius 2 is 1.78 bits per heavy atom. The lowest BCUT2D eigenvalue weighted by Crippen LogP contribution is -2.14. The predicted octanol–water partition coefficient (Wildman–Crippen LogP) is 5.06. The number of hydrogen-bond acceptors (Lipinski definition) is 1. The second-order valence-electron chi connectivity index (χ2n) is 4.07. The van der Waals surface area contributed by atoms with Crippen LogP contribution >= 0.6 is 54.5 Å². The molecule has 2 N–H and O–H groups in total. The average molecular weight is 481 g/mol. The monoisotopic (exact) mass is 479 g/mol. The van der Waals surface area contributed by atoms with Crippen molar-refractivity contribution in [3.63, 3.8) is 0 Å². The molecule has 0 saturated carbocycles. The molecule has 0 aliphatic rings. The zero-order chi connectivity index (χ0) is 13.1. The van der Waals surface area contributed by atoms with Crippen LogP contribution in [0.3, 0.4) is 0 Å². The third-order valence-electron chi connectivity index (χ3n) is 2.76. The zero-order valence-corrected chi connectivity index (χ0v) is 14.9. The molecule has 94 valence electrons. The van der Waals surface area contributed by atoms with Crippen LogP contribution in [-0.4, -0.2) is 0 Å². The quantitative estimate of drug-likeness (QED) is 0.611. The Morgan fingerprint density at radius 3 is 2.50 bits per heavy atom. The topological polar surface area (TPSA) is 26.0 Å². The minimum Gasteiger partial charge on any atom is -0.324 e. The molecule has 0 aliphatic heterocycles. The van der Waals surface area contributed by atoms with E-state index in [0.29, 0.717) is 0 Å². The van der Waals surface area contributed by atoms with Crippen LogP contribution in [0, 0.1) is 3.57 Å². The first-order valence-electron chi connectivity index (χ1n) is 5.52. The van der Waals surface area contributed by atoms with Crippen molar-refractivity contribution < 1.29 is 0 Å². The van der Waals surface area contributed by atoms with Crippen LogP contribution in [0.1, 0.15) is 17.2 Å². The summed E-state index contributed by atoms with van der Waals surface area (Å²) in [5.74, 6) is 0. The maximum absolute atomic E-state index is 6.31. The smallest absolute Gasteiger partial charge is 0.0347 e. The van der Waals surface area contributed by atoms with E-state index in [1.165, 1.54) is 9.13 Å². The summed E-state index contributed by atoms with van der Waals surface area (Å²) < 4.78 is 3.39. The second kappa shape index (κ2) is 6.50. The Hall–Kier alpha value is 0.0900. The summed E-state index contributed by atoms with van der Waals surface area (Å²) in [5, 5.41) is 0. The first-order chi connectivity index (χ1) is 8.58. The molecule has 0 aliphatic carbocycles. The molecule has 1 unspecified atom stereocenters. The molecule has 1 atom stereocenters. The van der Waals surface area contributed by atoms with E-state index in [0.717, 1.165) is 20.9 Å². The highest BCUT2D eigenvalue weighted by atomic mass is 127. The van der Waals surface area contributed by atoms with E-state index in [2.05, 4.69) is 78.7 Å².